The molecule has 0 atom stereocenters. The van der Waals surface area contributed by atoms with E-state index in [1.54, 1.807) is 0 Å². The molecule has 2 aliphatic rings. The fourth-order valence-corrected chi connectivity index (χ4v) is 2.98. The third-order valence-electron chi connectivity index (χ3n) is 4.96. The van der Waals surface area contributed by atoms with E-state index in [2.05, 4.69) is 24.1 Å². The molecule has 0 bridgehead atoms. The average molecular weight is 254 g/mol. The van der Waals surface area contributed by atoms with E-state index < -0.39 is 0 Å². The van der Waals surface area contributed by atoms with Crippen molar-refractivity contribution >= 4 is 0 Å². The summed E-state index contributed by atoms with van der Waals surface area (Å²) >= 11 is 0. The number of likely N-dealkylation sites (tertiary alicyclic amines) is 1. The highest BCUT2D eigenvalue weighted by atomic mass is 16.5. The van der Waals surface area contributed by atoms with Crippen molar-refractivity contribution in [3.8, 4) is 0 Å². The monoisotopic (exact) mass is 254 g/mol. The number of rotatable bonds is 5. The molecule has 0 aromatic carbocycles. The van der Waals surface area contributed by atoms with E-state index in [0.717, 1.165) is 26.2 Å². The van der Waals surface area contributed by atoms with Gasteiger partial charge >= 0.3 is 0 Å². The van der Waals surface area contributed by atoms with Gasteiger partial charge in [-0.2, -0.15) is 0 Å². The normalized spacial score (nSPS) is 26.3. The highest BCUT2D eigenvalue weighted by Gasteiger charge is 2.27. The number of hydrogen-bond donors (Lipinski definition) is 1. The van der Waals surface area contributed by atoms with Crippen molar-refractivity contribution in [3.63, 3.8) is 0 Å². The molecule has 2 saturated heterocycles. The molecule has 2 aliphatic heterocycles. The Morgan fingerprint density at radius 1 is 1.22 bits per heavy atom. The van der Waals surface area contributed by atoms with Crippen molar-refractivity contribution in [3.05, 3.63) is 0 Å². The summed E-state index contributed by atoms with van der Waals surface area (Å²) in [6, 6.07) is 0. The standard InChI is InChI=1S/C15H30N2O/c1-3-15(2)6-10-17(11-7-15)12-13-18-14-4-8-16-9-5-14/h14,16H,3-13H2,1-2H3. The zero-order chi connectivity index (χ0) is 12.8. The van der Waals surface area contributed by atoms with Crippen molar-refractivity contribution in [2.75, 3.05) is 39.3 Å². The Labute approximate surface area is 112 Å². The lowest BCUT2D eigenvalue weighted by Crippen LogP contribution is -2.41. The van der Waals surface area contributed by atoms with Crippen LogP contribution in [0.5, 0.6) is 0 Å². The van der Waals surface area contributed by atoms with Crippen molar-refractivity contribution in [1.29, 1.82) is 0 Å². The van der Waals surface area contributed by atoms with Gasteiger partial charge in [0.1, 0.15) is 0 Å². The van der Waals surface area contributed by atoms with Crippen LogP contribution in [0.15, 0.2) is 0 Å². The van der Waals surface area contributed by atoms with Crippen LogP contribution in [0.3, 0.4) is 0 Å². The molecular formula is C15H30N2O. The van der Waals surface area contributed by atoms with Gasteiger partial charge in [-0.25, -0.2) is 0 Å². The molecule has 3 nitrogen and oxygen atoms in total. The van der Waals surface area contributed by atoms with Gasteiger partial charge in [0.25, 0.3) is 0 Å². The van der Waals surface area contributed by atoms with Crippen LogP contribution in [0.25, 0.3) is 0 Å². The summed E-state index contributed by atoms with van der Waals surface area (Å²) in [5.41, 5.74) is 0.604. The van der Waals surface area contributed by atoms with Crippen molar-refractivity contribution in [1.82, 2.24) is 10.2 Å². The first-order valence-corrected chi connectivity index (χ1v) is 7.76. The Morgan fingerprint density at radius 3 is 2.50 bits per heavy atom. The number of nitrogens with zero attached hydrogens (tertiary/aromatic N) is 1. The van der Waals surface area contributed by atoms with Crippen LogP contribution in [-0.2, 0) is 4.74 Å². The topological polar surface area (TPSA) is 24.5 Å². The molecule has 0 unspecified atom stereocenters. The first-order chi connectivity index (χ1) is 8.72. The van der Waals surface area contributed by atoms with E-state index in [-0.39, 0.29) is 0 Å². The summed E-state index contributed by atoms with van der Waals surface area (Å²) in [6.07, 6.45) is 6.93. The first kappa shape index (κ1) is 14.3. The van der Waals surface area contributed by atoms with E-state index in [0.29, 0.717) is 11.5 Å². The smallest absolute Gasteiger partial charge is 0.0600 e. The van der Waals surface area contributed by atoms with E-state index in [1.165, 1.54) is 45.2 Å². The molecule has 0 aromatic rings. The van der Waals surface area contributed by atoms with Gasteiger partial charge in [0.15, 0.2) is 0 Å². The Bertz CT molecular complexity index is 231. The van der Waals surface area contributed by atoms with E-state index in [1.807, 2.05) is 0 Å². The minimum absolute atomic E-state index is 0.511. The minimum atomic E-state index is 0.511. The molecule has 0 aliphatic carbocycles. The van der Waals surface area contributed by atoms with E-state index in [4.69, 9.17) is 4.74 Å². The summed E-state index contributed by atoms with van der Waals surface area (Å²) in [7, 11) is 0. The maximum Gasteiger partial charge on any atom is 0.0600 e. The maximum atomic E-state index is 5.98. The van der Waals surface area contributed by atoms with Crippen LogP contribution >= 0.6 is 0 Å². The predicted octanol–water partition coefficient (Wildman–Crippen LogP) is 2.27. The molecule has 2 fully saturated rings. The van der Waals surface area contributed by atoms with E-state index in [9.17, 15) is 0 Å². The average Bonchev–Trinajstić information content (AvgIpc) is 2.42. The Kier molecular flexibility index (Phi) is 5.46. The van der Waals surface area contributed by atoms with Crippen LogP contribution in [-0.4, -0.2) is 50.3 Å². The highest BCUT2D eigenvalue weighted by molar-refractivity contribution is 4.81. The van der Waals surface area contributed by atoms with Gasteiger partial charge in [-0.1, -0.05) is 20.3 Å². The van der Waals surface area contributed by atoms with Gasteiger partial charge in [0.2, 0.25) is 0 Å². The lowest BCUT2D eigenvalue weighted by Gasteiger charge is -2.39. The first-order valence-electron chi connectivity index (χ1n) is 7.76. The van der Waals surface area contributed by atoms with Crippen LogP contribution in [0.2, 0.25) is 0 Å². The van der Waals surface area contributed by atoms with Crippen LogP contribution in [0.4, 0.5) is 0 Å². The largest absolute Gasteiger partial charge is 0.377 e. The van der Waals surface area contributed by atoms with E-state index >= 15 is 0 Å². The molecule has 1 N–H and O–H groups in total. The zero-order valence-corrected chi connectivity index (χ0v) is 12.2. The quantitative estimate of drug-likeness (QED) is 0.814. The van der Waals surface area contributed by atoms with Crippen molar-refractivity contribution in [2.45, 2.75) is 52.1 Å². The number of ether oxygens (including phenoxy) is 1. The second-order valence-corrected chi connectivity index (χ2v) is 6.33. The summed E-state index contributed by atoms with van der Waals surface area (Å²) in [5.74, 6) is 0. The fraction of sp³-hybridized carbons (Fsp3) is 1.00. The van der Waals surface area contributed by atoms with Crippen LogP contribution < -0.4 is 5.32 Å². The second-order valence-electron chi connectivity index (χ2n) is 6.33. The molecular weight excluding hydrogens is 224 g/mol. The SMILES string of the molecule is CCC1(C)CCN(CCOC2CCNCC2)CC1. The van der Waals surface area contributed by atoms with Crippen molar-refractivity contribution in [2.24, 2.45) is 5.41 Å². The van der Waals surface area contributed by atoms with Gasteiger partial charge in [-0.05, 0) is 57.3 Å². The molecule has 0 spiro atoms. The van der Waals surface area contributed by atoms with Crippen LogP contribution in [0, 0.1) is 5.41 Å². The predicted molar refractivity (Wildman–Crippen MR) is 75.9 cm³/mol. The molecule has 2 rings (SSSR count). The molecule has 0 aromatic heterocycles. The Balaban J connectivity index is 1.57. The third-order valence-corrected chi connectivity index (χ3v) is 4.96. The highest BCUT2D eigenvalue weighted by Crippen LogP contribution is 2.33. The van der Waals surface area contributed by atoms with Gasteiger partial charge in [-0.15, -0.1) is 0 Å². The minimum Gasteiger partial charge on any atom is -0.377 e. The summed E-state index contributed by atoms with van der Waals surface area (Å²) < 4.78 is 5.98. The van der Waals surface area contributed by atoms with Crippen molar-refractivity contribution < 1.29 is 4.74 Å². The maximum absolute atomic E-state index is 5.98. The molecule has 106 valence electrons. The Morgan fingerprint density at radius 2 is 1.89 bits per heavy atom. The Hall–Kier alpha value is -0.120. The summed E-state index contributed by atoms with van der Waals surface area (Å²) in [6.45, 7) is 11.6. The molecule has 3 heteroatoms. The second kappa shape index (κ2) is 6.88. The lowest BCUT2D eigenvalue weighted by molar-refractivity contribution is 0.0103. The molecule has 18 heavy (non-hydrogen) atoms. The van der Waals surface area contributed by atoms with Gasteiger partial charge < -0.3 is 15.0 Å². The fourth-order valence-electron chi connectivity index (χ4n) is 2.98. The molecule has 0 amide bonds. The number of hydrogen-bond acceptors (Lipinski definition) is 3. The summed E-state index contributed by atoms with van der Waals surface area (Å²) in [4.78, 5) is 2.58. The lowest BCUT2D eigenvalue weighted by atomic mass is 9.78. The molecule has 2 heterocycles. The number of nitrogens with one attached hydrogen (secondary N) is 1. The zero-order valence-electron chi connectivity index (χ0n) is 12.2. The van der Waals surface area contributed by atoms with Gasteiger partial charge in [-0.3, -0.25) is 0 Å². The van der Waals surface area contributed by atoms with Crippen LogP contribution in [0.1, 0.15) is 46.0 Å². The molecule has 0 radical (unpaired) electrons. The number of piperidine rings is 2. The van der Waals surface area contributed by atoms with Gasteiger partial charge in [0.05, 0.1) is 12.7 Å². The summed E-state index contributed by atoms with van der Waals surface area (Å²) in [5, 5.41) is 3.38. The van der Waals surface area contributed by atoms with Gasteiger partial charge in [0, 0.05) is 6.54 Å². The molecule has 0 saturated carbocycles. The third kappa shape index (κ3) is 4.22.